The van der Waals surface area contributed by atoms with Gasteiger partial charge >= 0.3 is 0 Å². The summed E-state index contributed by atoms with van der Waals surface area (Å²) in [6.07, 6.45) is 0.999. The van der Waals surface area contributed by atoms with Gasteiger partial charge < -0.3 is 9.64 Å². The van der Waals surface area contributed by atoms with Crippen LogP contribution < -0.4 is 4.90 Å². The fourth-order valence-corrected chi connectivity index (χ4v) is 2.52. The van der Waals surface area contributed by atoms with Crippen molar-refractivity contribution in [2.75, 3.05) is 31.2 Å². The molecule has 1 fully saturated rings. The summed E-state index contributed by atoms with van der Waals surface area (Å²) in [6.45, 7) is 3.66. The Hall–Kier alpha value is -1.80. The highest BCUT2D eigenvalue weighted by Crippen LogP contribution is 2.19. The molecule has 0 bridgehead atoms. The second kappa shape index (κ2) is 5.89. The molecule has 1 saturated heterocycles. The minimum Gasteiger partial charge on any atom is -0.378 e. The Balaban J connectivity index is 1.76. The molecule has 0 atom stereocenters. The number of nitrogens with zero attached hydrogens (tertiary/aromatic N) is 1. The predicted molar refractivity (Wildman–Crippen MR) is 78.7 cm³/mol. The highest BCUT2D eigenvalue weighted by atomic mass is 16.5. The van der Waals surface area contributed by atoms with Crippen molar-refractivity contribution in [2.45, 2.75) is 6.42 Å². The van der Waals surface area contributed by atoms with Gasteiger partial charge in [-0.15, -0.1) is 0 Å². The second-order valence-electron chi connectivity index (χ2n) is 4.93. The van der Waals surface area contributed by atoms with Gasteiger partial charge in [0.25, 0.3) is 0 Å². The van der Waals surface area contributed by atoms with E-state index < -0.39 is 0 Å². The van der Waals surface area contributed by atoms with E-state index in [4.69, 9.17) is 4.74 Å². The third-order valence-corrected chi connectivity index (χ3v) is 3.54. The van der Waals surface area contributed by atoms with Crippen molar-refractivity contribution in [1.29, 1.82) is 0 Å². The van der Waals surface area contributed by atoms with Gasteiger partial charge in [0.1, 0.15) is 0 Å². The molecule has 1 aliphatic rings. The van der Waals surface area contributed by atoms with Crippen LogP contribution in [0.2, 0.25) is 0 Å². The molecule has 0 aliphatic carbocycles. The fourth-order valence-electron chi connectivity index (χ4n) is 2.52. The van der Waals surface area contributed by atoms with E-state index in [1.54, 1.807) is 0 Å². The summed E-state index contributed by atoms with van der Waals surface area (Å²) in [5.41, 5.74) is 4.05. The summed E-state index contributed by atoms with van der Waals surface area (Å²) in [6, 6.07) is 19.5. The molecule has 0 saturated carbocycles. The highest BCUT2D eigenvalue weighted by Gasteiger charge is 2.11. The van der Waals surface area contributed by atoms with E-state index in [9.17, 15) is 0 Å². The molecule has 1 aliphatic heterocycles. The molecule has 2 nitrogen and oxygen atoms in total. The van der Waals surface area contributed by atoms with E-state index >= 15 is 0 Å². The number of hydrogen-bond acceptors (Lipinski definition) is 2. The molecule has 0 radical (unpaired) electrons. The molecule has 3 rings (SSSR count). The van der Waals surface area contributed by atoms with Gasteiger partial charge in [-0.3, -0.25) is 0 Å². The minimum absolute atomic E-state index is 0.836. The standard InChI is InChI=1S/C17H19NO/c1-2-5-15(6-3-1)13-16-7-4-8-17(14-16)18-9-11-19-12-10-18/h1-8,14H,9-13H2. The molecule has 98 valence electrons. The first-order chi connectivity index (χ1) is 9.42. The molecule has 19 heavy (non-hydrogen) atoms. The van der Waals surface area contributed by atoms with Crippen LogP contribution in [-0.2, 0) is 11.2 Å². The number of ether oxygens (including phenoxy) is 1. The average Bonchev–Trinajstić information content (AvgIpc) is 2.49. The summed E-state index contributed by atoms with van der Waals surface area (Å²) < 4.78 is 5.41. The molecule has 1 heterocycles. The Morgan fingerprint density at radius 3 is 2.37 bits per heavy atom. The van der Waals surface area contributed by atoms with E-state index in [2.05, 4.69) is 59.5 Å². The molecule has 0 aromatic heterocycles. The maximum Gasteiger partial charge on any atom is 0.0642 e. The summed E-state index contributed by atoms with van der Waals surface area (Å²) in [4.78, 5) is 2.40. The summed E-state index contributed by atoms with van der Waals surface area (Å²) in [5, 5.41) is 0. The number of morpholine rings is 1. The van der Waals surface area contributed by atoms with E-state index in [1.165, 1.54) is 16.8 Å². The quantitative estimate of drug-likeness (QED) is 0.833. The zero-order valence-electron chi connectivity index (χ0n) is 11.1. The highest BCUT2D eigenvalue weighted by molar-refractivity contribution is 5.49. The summed E-state index contributed by atoms with van der Waals surface area (Å²) >= 11 is 0. The van der Waals surface area contributed by atoms with Crippen molar-refractivity contribution in [3.63, 3.8) is 0 Å². The zero-order valence-corrected chi connectivity index (χ0v) is 11.1. The lowest BCUT2D eigenvalue weighted by Gasteiger charge is -2.29. The molecule has 2 aromatic carbocycles. The lowest BCUT2D eigenvalue weighted by molar-refractivity contribution is 0.122. The van der Waals surface area contributed by atoms with E-state index in [0.717, 1.165) is 32.7 Å². The van der Waals surface area contributed by atoms with Gasteiger partial charge in [-0.25, -0.2) is 0 Å². The Kier molecular flexibility index (Phi) is 3.80. The normalized spacial score (nSPS) is 15.5. The van der Waals surface area contributed by atoms with Crippen LogP contribution >= 0.6 is 0 Å². The average molecular weight is 253 g/mol. The van der Waals surface area contributed by atoms with Crippen LogP contribution in [0.5, 0.6) is 0 Å². The van der Waals surface area contributed by atoms with Crippen LogP contribution in [0, 0.1) is 0 Å². The molecular formula is C17H19NO. The Morgan fingerprint density at radius 1 is 0.842 bits per heavy atom. The number of anilines is 1. The van der Waals surface area contributed by atoms with Crippen molar-refractivity contribution in [2.24, 2.45) is 0 Å². The zero-order chi connectivity index (χ0) is 12.9. The molecule has 2 heteroatoms. The second-order valence-corrected chi connectivity index (χ2v) is 4.93. The molecular weight excluding hydrogens is 234 g/mol. The first-order valence-electron chi connectivity index (χ1n) is 6.87. The lowest BCUT2D eigenvalue weighted by Crippen LogP contribution is -2.36. The molecule has 0 amide bonds. The largest absolute Gasteiger partial charge is 0.378 e. The fraction of sp³-hybridized carbons (Fsp3) is 0.294. The lowest BCUT2D eigenvalue weighted by atomic mass is 10.0. The SMILES string of the molecule is c1ccc(Cc2cccc(N3CCOCC3)c2)cc1. The van der Waals surface area contributed by atoms with Gasteiger partial charge in [0, 0.05) is 18.8 Å². The molecule has 0 unspecified atom stereocenters. The van der Waals surface area contributed by atoms with Gasteiger partial charge in [-0.1, -0.05) is 42.5 Å². The van der Waals surface area contributed by atoms with Crippen LogP contribution in [0.4, 0.5) is 5.69 Å². The van der Waals surface area contributed by atoms with Crippen molar-refractivity contribution in [1.82, 2.24) is 0 Å². The van der Waals surface area contributed by atoms with Crippen LogP contribution in [-0.4, -0.2) is 26.3 Å². The first-order valence-corrected chi connectivity index (χ1v) is 6.87. The van der Waals surface area contributed by atoms with E-state index in [1.807, 2.05) is 0 Å². The van der Waals surface area contributed by atoms with Crippen molar-refractivity contribution in [3.05, 3.63) is 65.7 Å². The predicted octanol–water partition coefficient (Wildman–Crippen LogP) is 3.11. The topological polar surface area (TPSA) is 12.5 Å². The smallest absolute Gasteiger partial charge is 0.0642 e. The van der Waals surface area contributed by atoms with Crippen LogP contribution in [0.15, 0.2) is 54.6 Å². The van der Waals surface area contributed by atoms with E-state index in [-0.39, 0.29) is 0 Å². The maximum absolute atomic E-state index is 5.41. The van der Waals surface area contributed by atoms with Crippen LogP contribution in [0.1, 0.15) is 11.1 Å². The van der Waals surface area contributed by atoms with Gasteiger partial charge in [0.2, 0.25) is 0 Å². The monoisotopic (exact) mass is 253 g/mol. The van der Waals surface area contributed by atoms with Crippen LogP contribution in [0.25, 0.3) is 0 Å². The molecule has 0 spiro atoms. The Bertz CT molecular complexity index is 518. The van der Waals surface area contributed by atoms with Crippen molar-refractivity contribution < 1.29 is 4.74 Å². The maximum atomic E-state index is 5.41. The number of rotatable bonds is 3. The molecule has 2 aromatic rings. The number of hydrogen-bond donors (Lipinski definition) is 0. The molecule has 0 N–H and O–H groups in total. The third-order valence-electron chi connectivity index (χ3n) is 3.54. The summed E-state index contributed by atoms with van der Waals surface area (Å²) in [5.74, 6) is 0. The first kappa shape index (κ1) is 12.2. The number of benzene rings is 2. The van der Waals surface area contributed by atoms with Gasteiger partial charge in [0.05, 0.1) is 13.2 Å². The third kappa shape index (κ3) is 3.15. The van der Waals surface area contributed by atoms with Gasteiger partial charge in [-0.2, -0.15) is 0 Å². The van der Waals surface area contributed by atoms with Crippen molar-refractivity contribution >= 4 is 5.69 Å². The van der Waals surface area contributed by atoms with Crippen LogP contribution in [0.3, 0.4) is 0 Å². The summed E-state index contributed by atoms with van der Waals surface area (Å²) in [7, 11) is 0. The Labute approximate surface area is 114 Å². The van der Waals surface area contributed by atoms with E-state index in [0.29, 0.717) is 0 Å². The van der Waals surface area contributed by atoms with Gasteiger partial charge in [0.15, 0.2) is 0 Å². The van der Waals surface area contributed by atoms with Crippen molar-refractivity contribution in [3.8, 4) is 0 Å². The Morgan fingerprint density at radius 2 is 1.58 bits per heavy atom. The minimum atomic E-state index is 0.836. The van der Waals surface area contributed by atoms with Gasteiger partial charge in [-0.05, 0) is 29.7 Å².